The fraction of sp³-hybridized carbons (Fsp3) is 1.00. The Morgan fingerprint density at radius 1 is 1.43 bits per heavy atom. The molecule has 2 nitrogen and oxygen atoms in total. The molecule has 1 saturated carbocycles. The number of hydrogen-bond acceptors (Lipinski definition) is 2. The molecule has 2 aliphatic rings. The molecule has 1 heterocycles. The zero-order valence-corrected chi connectivity index (χ0v) is 8.47. The van der Waals surface area contributed by atoms with Gasteiger partial charge in [0.15, 0.2) is 0 Å². The maximum atomic E-state index is 13.5. The third-order valence-electron chi connectivity index (χ3n) is 3.56. The predicted molar refractivity (Wildman–Crippen MR) is 49.4 cm³/mol. The monoisotopic (exact) mass is 205 g/mol. The smallest absolute Gasteiger partial charge is 0.258 e. The molecule has 0 unspecified atom stereocenters. The van der Waals surface area contributed by atoms with Crippen molar-refractivity contribution < 1.29 is 13.9 Å². The van der Waals surface area contributed by atoms with Gasteiger partial charge in [0.2, 0.25) is 0 Å². The summed E-state index contributed by atoms with van der Waals surface area (Å²) in [5.41, 5.74) is -1.24. The number of halogens is 2. The Balaban J connectivity index is 2.09. The van der Waals surface area contributed by atoms with E-state index in [1.165, 1.54) is 6.92 Å². The molecule has 1 aliphatic heterocycles. The molecule has 2 rings (SSSR count). The number of aliphatic hydroxyl groups excluding tert-OH is 1. The second kappa shape index (κ2) is 3.14. The van der Waals surface area contributed by atoms with E-state index in [1.807, 2.05) is 0 Å². The SMILES string of the molecule is C[C@@]1(CO)CN(C2CC2)CCC1(F)F. The Labute approximate surface area is 82.9 Å². The molecule has 1 saturated heterocycles. The fourth-order valence-corrected chi connectivity index (χ4v) is 2.15. The van der Waals surface area contributed by atoms with Crippen molar-refractivity contribution in [2.75, 3.05) is 19.7 Å². The van der Waals surface area contributed by atoms with E-state index in [2.05, 4.69) is 4.90 Å². The van der Waals surface area contributed by atoms with Gasteiger partial charge in [0, 0.05) is 25.6 Å². The van der Waals surface area contributed by atoms with Crippen LogP contribution in [-0.2, 0) is 0 Å². The molecule has 14 heavy (non-hydrogen) atoms. The van der Waals surface area contributed by atoms with E-state index in [9.17, 15) is 8.78 Å². The molecule has 0 aromatic rings. The normalized spacial score (nSPS) is 38.6. The predicted octanol–water partition coefficient (Wildman–Crippen LogP) is 1.49. The number of alkyl halides is 2. The lowest BCUT2D eigenvalue weighted by Crippen LogP contribution is -2.56. The molecular weight excluding hydrogens is 188 g/mol. The number of nitrogens with zero attached hydrogens (tertiary/aromatic N) is 1. The van der Waals surface area contributed by atoms with Crippen LogP contribution < -0.4 is 0 Å². The first-order valence-corrected chi connectivity index (χ1v) is 5.21. The summed E-state index contributed by atoms with van der Waals surface area (Å²) >= 11 is 0. The van der Waals surface area contributed by atoms with Gasteiger partial charge < -0.3 is 5.11 Å². The van der Waals surface area contributed by atoms with Gasteiger partial charge in [-0.25, -0.2) is 8.78 Å². The van der Waals surface area contributed by atoms with E-state index < -0.39 is 17.9 Å². The van der Waals surface area contributed by atoms with Crippen LogP contribution in [0.25, 0.3) is 0 Å². The van der Waals surface area contributed by atoms with Crippen molar-refractivity contribution in [1.82, 2.24) is 4.90 Å². The minimum absolute atomic E-state index is 0.111. The van der Waals surface area contributed by atoms with Crippen molar-refractivity contribution >= 4 is 0 Å². The fourth-order valence-electron chi connectivity index (χ4n) is 2.15. The van der Waals surface area contributed by atoms with Gasteiger partial charge >= 0.3 is 0 Å². The zero-order valence-electron chi connectivity index (χ0n) is 8.47. The topological polar surface area (TPSA) is 23.5 Å². The summed E-state index contributed by atoms with van der Waals surface area (Å²) in [6, 6.07) is 0.511. The van der Waals surface area contributed by atoms with Crippen LogP contribution in [0.5, 0.6) is 0 Å². The van der Waals surface area contributed by atoms with E-state index >= 15 is 0 Å². The van der Waals surface area contributed by atoms with E-state index in [0.717, 1.165) is 12.8 Å². The lowest BCUT2D eigenvalue weighted by molar-refractivity contribution is -0.176. The van der Waals surface area contributed by atoms with Crippen molar-refractivity contribution in [3.63, 3.8) is 0 Å². The van der Waals surface area contributed by atoms with Gasteiger partial charge in [-0.1, -0.05) is 6.92 Å². The van der Waals surface area contributed by atoms with E-state index in [4.69, 9.17) is 5.11 Å². The third kappa shape index (κ3) is 1.54. The summed E-state index contributed by atoms with van der Waals surface area (Å²) in [6.45, 7) is 1.87. The molecule has 0 bridgehead atoms. The van der Waals surface area contributed by atoms with Gasteiger partial charge in [-0.15, -0.1) is 0 Å². The first-order chi connectivity index (χ1) is 6.48. The van der Waals surface area contributed by atoms with Gasteiger partial charge in [0.1, 0.15) is 0 Å². The molecular formula is C10H17F2NO. The van der Waals surface area contributed by atoms with Gasteiger partial charge in [0.25, 0.3) is 5.92 Å². The standard InChI is InChI=1S/C10H17F2NO/c1-9(7-14)6-13(8-2-3-8)5-4-10(9,11)12/h8,14H,2-7H2,1H3/t9-/m0/s1. The van der Waals surface area contributed by atoms with Crippen LogP contribution in [0.1, 0.15) is 26.2 Å². The Hall–Kier alpha value is -0.220. The van der Waals surface area contributed by atoms with E-state index in [-0.39, 0.29) is 6.42 Å². The lowest BCUT2D eigenvalue weighted by atomic mass is 9.79. The summed E-state index contributed by atoms with van der Waals surface area (Å²) in [4.78, 5) is 2.10. The van der Waals surface area contributed by atoms with Crippen molar-refractivity contribution in [3.05, 3.63) is 0 Å². The van der Waals surface area contributed by atoms with Crippen molar-refractivity contribution in [2.24, 2.45) is 5.41 Å². The van der Waals surface area contributed by atoms with Crippen LogP contribution in [0.4, 0.5) is 8.78 Å². The van der Waals surface area contributed by atoms with Gasteiger partial charge in [-0.2, -0.15) is 0 Å². The van der Waals surface area contributed by atoms with Gasteiger partial charge in [0.05, 0.1) is 12.0 Å². The molecule has 4 heteroatoms. The number of hydrogen-bond donors (Lipinski definition) is 1. The second-order valence-electron chi connectivity index (χ2n) is 4.87. The second-order valence-corrected chi connectivity index (χ2v) is 4.87. The van der Waals surface area contributed by atoms with Crippen LogP contribution in [0, 0.1) is 5.41 Å². The summed E-state index contributed by atoms with van der Waals surface area (Å²) in [7, 11) is 0. The van der Waals surface area contributed by atoms with E-state index in [1.54, 1.807) is 0 Å². The molecule has 1 aliphatic carbocycles. The Morgan fingerprint density at radius 2 is 2.07 bits per heavy atom. The first-order valence-electron chi connectivity index (χ1n) is 5.21. The molecule has 1 atom stereocenters. The Kier molecular flexibility index (Phi) is 2.31. The average molecular weight is 205 g/mol. The average Bonchev–Trinajstić information content (AvgIpc) is 2.93. The minimum atomic E-state index is -2.72. The molecule has 0 aromatic carbocycles. The van der Waals surface area contributed by atoms with E-state index in [0.29, 0.717) is 19.1 Å². The largest absolute Gasteiger partial charge is 0.396 e. The summed E-state index contributed by atoms with van der Waals surface area (Å²) in [5.74, 6) is -2.72. The first kappa shape index (κ1) is 10.3. The highest BCUT2D eigenvalue weighted by atomic mass is 19.3. The van der Waals surface area contributed by atoms with Crippen molar-refractivity contribution in [3.8, 4) is 0 Å². The lowest BCUT2D eigenvalue weighted by Gasteiger charge is -2.45. The van der Waals surface area contributed by atoms with Gasteiger partial charge in [-0.05, 0) is 12.8 Å². The van der Waals surface area contributed by atoms with Crippen molar-refractivity contribution in [2.45, 2.75) is 38.2 Å². The molecule has 1 N–H and O–H groups in total. The number of rotatable bonds is 2. The molecule has 0 spiro atoms. The molecule has 0 radical (unpaired) electrons. The number of aliphatic hydroxyl groups is 1. The molecule has 82 valence electrons. The maximum Gasteiger partial charge on any atom is 0.258 e. The Bertz CT molecular complexity index is 230. The van der Waals surface area contributed by atoms with Crippen LogP contribution >= 0.6 is 0 Å². The molecule has 0 amide bonds. The third-order valence-corrected chi connectivity index (χ3v) is 3.56. The molecule has 2 fully saturated rings. The highest BCUT2D eigenvalue weighted by molar-refractivity contribution is 4.99. The van der Waals surface area contributed by atoms with Crippen LogP contribution in [0.2, 0.25) is 0 Å². The highest BCUT2D eigenvalue weighted by Gasteiger charge is 2.54. The maximum absolute atomic E-state index is 13.5. The van der Waals surface area contributed by atoms with Crippen molar-refractivity contribution in [1.29, 1.82) is 0 Å². The highest BCUT2D eigenvalue weighted by Crippen LogP contribution is 2.45. The zero-order chi connectivity index (χ0) is 10.4. The van der Waals surface area contributed by atoms with Crippen LogP contribution in [-0.4, -0.2) is 41.7 Å². The molecule has 0 aromatic heterocycles. The van der Waals surface area contributed by atoms with Crippen LogP contribution in [0.3, 0.4) is 0 Å². The number of piperidine rings is 1. The Morgan fingerprint density at radius 3 is 2.57 bits per heavy atom. The summed E-state index contributed by atoms with van der Waals surface area (Å²) in [5, 5.41) is 9.10. The minimum Gasteiger partial charge on any atom is -0.396 e. The van der Waals surface area contributed by atoms with Gasteiger partial charge in [-0.3, -0.25) is 4.90 Å². The summed E-state index contributed by atoms with van der Waals surface area (Å²) < 4.78 is 27.0. The summed E-state index contributed by atoms with van der Waals surface area (Å²) in [6.07, 6.45) is 2.15. The number of likely N-dealkylation sites (tertiary alicyclic amines) is 1. The quantitative estimate of drug-likeness (QED) is 0.738. The van der Waals surface area contributed by atoms with Crippen LogP contribution in [0.15, 0.2) is 0 Å².